The molecule has 0 unspecified atom stereocenters. The highest BCUT2D eigenvalue weighted by Crippen LogP contribution is 2.24. The van der Waals surface area contributed by atoms with Crippen molar-refractivity contribution in [3.05, 3.63) is 21.9 Å². The first kappa shape index (κ1) is 15.0. The monoisotopic (exact) mass is 309 g/mol. The van der Waals surface area contributed by atoms with Gasteiger partial charge in [0.05, 0.1) is 13.2 Å². The number of amides is 1. The zero-order valence-corrected chi connectivity index (χ0v) is 13.1. The summed E-state index contributed by atoms with van der Waals surface area (Å²) in [5.41, 5.74) is 1.33. The van der Waals surface area contributed by atoms with E-state index in [1.807, 2.05) is 4.90 Å². The molecular formula is C15H23N3O2S. The van der Waals surface area contributed by atoms with Crippen LogP contribution in [0.4, 0.5) is 0 Å². The van der Waals surface area contributed by atoms with Crippen LogP contribution in [-0.2, 0) is 17.8 Å². The zero-order valence-electron chi connectivity index (χ0n) is 12.3. The van der Waals surface area contributed by atoms with E-state index in [2.05, 4.69) is 21.2 Å². The summed E-state index contributed by atoms with van der Waals surface area (Å²) in [6.07, 6.45) is 1.00. The van der Waals surface area contributed by atoms with Crippen molar-refractivity contribution in [2.24, 2.45) is 0 Å². The van der Waals surface area contributed by atoms with Crippen LogP contribution in [0.2, 0.25) is 0 Å². The fraction of sp³-hybridized carbons (Fsp3) is 0.667. The van der Waals surface area contributed by atoms with Gasteiger partial charge < -0.3 is 10.0 Å². The lowest BCUT2D eigenvalue weighted by molar-refractivity contribution is -0.133. The van der Waals surface area contributed by atoms with Crippen molar-refractivity contribution in [2.75, 3.05) is 52.4 Å². The standard InChI is InChI=1S/C15H23N3O2S/c19-9-8-16-4-6-17(7-5-16)12-15(20)18-3-1-14-13(11-18)2-10-21-14/h2,10,19H,1,3-9,11-12H2. The third kappa shape index (κ3) is 3.63. The van der Waals surface area contributed by atoms with E-state index in [0.29, 0.717) is 6.54 Å². The summed E-state index contributed by atoms with van der Waals surface area (Å²) in [6.45, 7) is 6.87. The molecule has 2 aliphatic rings. The molecule has 0 spiro atoms. The molecule has 116 valence electrons. The molecule has 0 atom stereocenters. The van der Waals surface area contributed by atoms with E-state index in [1.165, 1.54) is 10.4 Å². The van der Waals surface area contributed by atoms with Crippen molar-refractivity contribution in [1.29, 1.82) is 0 Å². The fourth-order valence-corrected chi connectivity index (χ4v) is 3.95. The largest absolute Gasteiger partial charge is 0.395 e. The molecule has 1 fully saturated rings. The van der Waals surface area contributed by atoms with Crippen molar-refractivity contribution in [3.63, 3.8) is 0 Å². The molecule has 6 heteroatoms. The normalized spacial score (nSPS) is 20.5. The van der Waals surface area contributed by atoms with Crippen molar-refractivity contribution < 1.29 is 9.90 Å². The number of rotatable bonds is 4. The molecule has 1 amide bonds. The predicted octanol–water partition coefficient (Wildman–Crippen LogP) is 0.243. The van der Waals surface area contributed by atoms with E-state index in [1.54, 1.807) is 11.3 Å². The Labute approximate surface area is 129 Å². The molecular weight excluding hydrogens is 286 g/mol. The zero-order chi connectivity index (χ0) is 14.7. The van der Waals surface area contributed by atoms with Gasteiger partial charge in [0.15, 0.2) is 0 Å². The van der Waals surface area contributed by atoms with E-state index in [-0.39, 0.29) is 12.5 Å². The highest BCUT2D eigenvalue weighted by molar-refractivity contribution is 7.10. The van der Waals surface area contributed by atoms with Gasteiger partial charge in [0.25, 0.3) is 0 Å². The maximum Gasteiger partial charge on any atom is 0.237 e. The Morgan fingerprint density at radius 2 is 1.95 bits per heavy atom. The third-order valence-corrected chi connectivity index (χ3v) is 5.42. The lowest BCUT2D eigenvalue weighted by Crippen LogP contribution is -2.50. The van der Waals surface area contributed by atoms with Crippen molar-refractivity contribution in [2.45, 2.75) is 13.0 Å². The molecule has 1 saturated heterocycles. The van der Waals surface area contributed by atoms with Crippen LogP contribution in [-0.4, -0.2) is 78.1 Å². The van der Waals surface area contributed by atoms with Crippen LogP contribution in [0.25, 0.3) is 0 Å². The summed E-state index contributed by atoms with van der Waals surface area (Å²) >= 11 is 1.81. The lowest BCUT2D eigenvalue weighted by Gasteiger charge is -2.35. The number of aliphatic hydroxyl groups is 1. The van der Waals surface area contributed by atoms with E-state index in [0.717, 1.165) is 52.2 Å². The average Bonchev–Trinajstić information content (AvgIpc) is 2.97. The molecule has 3 rings (SSSR count). The second-order valence-electron chi connectivity index (χ2n) is 5.78. The van der Waals surface area contributed by atoms with Crippen LogP contribution in [0, 0.1) is 0 Å². The second kappa shape index (κ2) is 6.87. The lowest BCUT2D eigenvalue weighted by atomic mass is 10.1. The molecule has 5 nitrogen and oxygen atoms in total. The molecule has 0 saturated carbocycles. The van der Waals surface area contributed by atoms with E-state index >= 15 is 0 Å². The number of piperazine rings is 1. The smallest absolute Gasteiger partial charge is 0.237 e. The van der Waals surface area contributed by atoms with Gasteiger partial charge in [-0.05, 0) is 23.4 Å². The highest BCUT2D eigenvalue weighted by atomic mass is 32.1. The SMILES string of the molecule is O=C(CN1CCN(CCO)CC1)N1CCc2sccc2C1. The van der Waals surface area contributed by atoms with Crippen molar-refractivity contribution in [3.8, 4) is 0 Å². The maximum absolute atomic E-state index is 12.4. The molecule has 2 aliphatic heterocycles. The van der Waals surface area contributed by atoms with Crippen LogP contribution in [0.3, 0.4) is 0 Å². The molecule has 0 radical (unpaired) electrons. The Kier molecular flexibility index (Phi) is 4.90. The van der Waals surface area contributed by atoms with Gasteiger partial charge in [-0.3, -0.25) is 14.6 Å². The maximum atomic E-state index is 12.4. The molecule has 1 N–H and O–H groups in total. The quantitative estimate of drug-likeness (QED) is 0.866. The number of fused-ring (bicyclic) bond motifs is 1. The predicted molar refractivity (Wildman–Crippen MR) is 83.4 cm³/mol. The Bertz CT molecular complexity index is 483. The summed E-state index contributed by atoms with van der Waals surface area (Å²) < 4.78 is 0. The van der Waals surface area contributed by atoms with Crippen LogP contribution in [0.5, 0.6) is 0 Å². The summed E-state index contributed by atoms with van der Waals surface area (Å²) in [6, 6.07) is 2.15. The minimum absolute atomic E-state index is 0.218. The number of nitrogens with zero attached hydrogens (tertiary/aromatic N) is 3. The molecule has 1 aromatic heterocycles. The first-order valence-electron chi connectivity index (χ1n) is 7.65. The van der Waals surface area contributed by atoms with Gasteiger partial charge in [-0.25, -0.2) is 0 Å². The number of carbonyl (C=O) groups excluding carboxylic acids is 1. The first-order chi connectivity index (χ1) is 10.3. The van der Waals surface area contributed by atoms with E-state index < -0.39 is 0 Å². The number of carbonyl (C=O) groups is 1. The Morgan fingerprint density at radius 1 is 1.19 bits per heavy atom. The van der Waals surface area contributed by atoms with Gasteiger partial charge in [-0.2, -0.15) is 0 Å². The Hall–Kier alpha value is -0.950. The summed E-state index contributed by atoms with van der Waals surface area (Å²) in [4.78, 5) is 20.4. The molecule has 1 aromatic rings. The van der Waals surface area contributed by atoms with Crippen LogP contribution in [0.15, 0.2) is 11.4 Å². The van der Waals surface area contributed by atoms with E-state index in [4.69, 9.17) is 5.11 Å². The minimum atomic E-state index is 0.218. The van der Waals surface area contributed by atoms with Crippen LogP contribution >= 0.6 is 11.3 Å². The summed E-state index contributed by atoms with van der Waals surface area (Å²) in [5, 5.41) is 11.1. The summed E-state index contributed by atoms with van der Waals surface area (Å²) in [5.74, 6) is 0.252. The molecule has 0 aliphatic carbocycles. The minimum Gasteiger partial charge on any atom is -0.395 e. The molecule has 3 heterocycles. The van der Waals surface area contributed by atoms with Gasteiger partial charge >= 0.3 is 0 Å². The molecule has 0 bridgehead atoms. The number of aliphatic hydroxyl groups excluding tert-OH is 1. The molecule has 0 aromatic carbocycles. The van der Waals surface area contributed by atoms with Crippen molar-refractivity contribution in [1.82, 2.24) is 14.7 Å². The van der Waals surface area contributed by atoms with Gasteiger partial charge in [-0.1, -0.05) is 0 Å². The van der Waals surface area contributed by atoms with Crippen molar-refractivity contribution >= 4 is 17.2 Å². The number of thiophene rings is 1. The van der Waals surface area contributed by atoms with Gasteiger partial charge in [0.2, 0.25) is 5.91 Å². The highest BCUT2D eigenvalue weighted by Gasteiger charge is 2.24. The van der Waals surface area contributed by atoms with Crippen LogP contribution < -0.4 is 0 Å². The number of β-amino-alcohol motifs (C(OH)–C–C–N with tert-alkyl or cyclic N) is 1. The average molecular weight is 309 g/mol. The number of hydrogen-bond donors (Lipinski definition) is 1. The second-order valence-corrected chi connectivity index (χ2v) is 6.78. The Morgan fingerprint density at radius 3 is 2.71 bits per heavy atom. The van der Waals surface area contributed by atoms with Gasteiger partial charge in [0.1, 0.15) is 0 Å². The van der Waals surface area contributed by atoms with E-state index in [9.17, 15) is 4.79 Å². The summed E-state index contributed by atoms with van der Waals surface area (Å²) in [7, 11) is 0. The van der Waals surface area contributed by atoms with Gasteiger partial charge in [0, 0.05) is 50.7 Å². The van der Waals surface area contributed by atoms with Gasteiger partial charge in [-0.15, -0.1) is 11.3 Å². The fourth-order valence-electron chi connectivity index (χ4n) is 3.07. The topological polar surface area (TPSA) is 47.0 Å². The van der Waals surface area contributed by atoms with Crippen LogP contribution in [0.1, 0.15) is 10.4 Å². The number of hydrogen-bond acceptors (Lipinski definition) is 5. The Balaban J connectivity index is 1.47. The molecule has 21 heavy (non-hydrogen) atoms. The third-order valence-electron chi connectivity index (χ3n) is 4.40. The first-order valence-corrected chi connectivity index (χ1v) is 8.53.